The Morgan fingerprint density at radius 1 is 1.10 bits per heavy atom. The minimum absolute atomic E-state index is 0.00471. The highest BCUT2D eigenvalue weighted by molar-refractivity contribution is 7.99. The molecule has 2 aliphatic rings. The first-order valence-electron chi connectivity index (χ1n) is 10.8. The number of aliphatic hydroxyl groups is 1. The summed E-state index contributed by atoms with van der Waals surface area (Å²) in [6.45, 7) is 3.53. The predicted molar refractivity (Wildman–Crippen MR) is 128 cm³/mol. The molecule has 0 unspecified atom stereocenters. The fourth-order valence-electron chi connectivity index (χ4n) is 4.31. The van der Waals surface area contributed by atoms with Crippen molar-refractivity contribution in [2.75, 3.05) is 45.2 Å². The molecule has 0 aliphatic carbocycles. The van der Waals surface area contributed by atoms with Gasteiger partial charge in [0.05, 0.1) is 23.4 Å². The van der Waals surface area contributed by atoms with Gasteiger partial charge >= 0.3 is 0 Å². The normalized spacial score (nSPS) is 17.7. The van der Waals surface area contributed by atoms with Crippen LogP contribution in [0.15, 0.2) is 52.3 Å². The van der Waals surface area contributed by atoms with Gasteiger partial charge in [-0.2, -0.15) is 0 Å². The summed E-state index contributed by atoms with van der Waals surface area (Å²) < 4.78 is 0. The Kier molecular flexibility index (Phi) is 6.82. The molecular weight excluding hydrogens is 430 g/mol. The van der Waals surface area contributed by atoms with Crippen LogP contribution in [0.5, 0.6) is 0 Å². The SMILES string of the molecule is CN(C)C(=O)CC1(O)CCN(CCCN2c3ccccc3Sc3ccc(Cl)cc32)CC1. The summed E-state index contributed by atoms with van der Waals surface area (Å²) in [5.41, 5.74) is 1.54. The van der Waals surface area contributed by atoms with Gasteiger partial charge in [-0.15, -0.1) is 0 Å². The molecule has 7 heteroatoms. The van der Waals surface area contributed by atoms with Gasteiger partial charge in [-0.25, -0.2) is 0 Å². The van der Waals surface area contributed by atoms with E-state index >= 15 is 0 Å². The number of hydrogen-bond donors (Lipinski definition) is 1. The van der Waals surface area contributed by atoms with Gasteiger partial charge in [0.2, 0.25) is 5.91 Å². The van der Waals surface area contributed by atoms with Crippen molar-refractivity contribution in [3.05, 3.63) is 47.5 Å². The molecule has 0 radical (unpaired) electrons. The highest BCUT2D eigenvalue weighted by Gasteiger charge is 2.34. The van der Waals surface area contributed by atoms with E-state index in [0.717, 1.165) is 37.6 Å². The molecule has 1 saturated heterocycles. The Morgan fingerprint density at radius 2 is 1.81 bits per heavy atom. The van der Waals surface area contributed by atoms with E-state index in [1.54, 1.807) is 30.8 Å². The lowest BCUT2D eigenvalue weighted by atomic mass is 9.87. The zero-order valence-corrected chi connectivity index (χ0v) is 19.8. The van der Waals surface area contributed by atoms with Crippen LogP contribution in [0.25, 0.3) is 0 Å². The third kappa shape index (κ3) is 5.20. The fourth-order valence-corrected chi connectivity index (χ4v) is 5.55. The first kappa shape index (κ1) is 22.5. The van der Waals surface area contributed by atoms with Crippen molar-refractivity contribution in [2.24, 2.45) is 0 Å². The number of benzene rings is 2. The number of likely N-dealkylation sites (tertiary alicyclic amines) is 1. The van der Waals surface area contributed by atoms with Gasteiger partial charge in [0, 0.05) is 48.5 Å². The number of halogens is 1. The van der Waals surface area contributed by atoms with Crippen LogP contribution in [0.4, 0.5) is 11.4 Å². The van der Waals surface area contributed by atoms with Crippen molar-refractivity contribution in [3.63, 3.8) is 0 Å². The van der Waals surface area contributed by atoms with Crippen molar-refractivity contribution in [1.29, 1.82) is 0 Å². The lowest BCUT2D eigenvalue weighted by Gasteiger charge is -2.39. The van der Waals surface area contributed by atoms with Gasteiger partial charge < -0.3 is 19.8 Å². The Hall–Kier alpha value is -1.73. The van der Waals surface area contributed by atoms with Crippen LogP contribution in [0, 0.1) is 0 Å². The number of piperidine rings is 1. The number of rotatable bonds is 6. The minimum Gasteiger partial charge on any atom is -0.389 e. The Morgan fingerprint density at radius 3 is 2.55 bits per heavy atom. The summed E-state index contributed by atoms with van der Waals surface area (Å²) in [4.78, 5) is 20.8. The predicted octanol–water partition coefficient (Wildman–Crippen LogP) is 4.64. The molecule has 31 heavy (non-hydrogen) atoms. The topological polar surface area (TPSA) is 47.0 Å². The Balaban J connectivity index is 1.36. The Bertz CT molecular complexity index is 944. The first-order chi connectivity index (χ1) is 14.8. The molecule has 2 heterocycles. The molecule has 0 atom stereocenters. The zero-order valence-electron chi connectivity index (χ0n) is 18.2. The van der Waals surface area contributed by atoms with Crippen molar-refractivity contribution < 1.29 is 9.90 Å². The molecule has 0 spiro atoms. The van der Waals surface area contributed by atoms with E-state index in [1.807, 2.05) is 6.07 Å². The number of anilines is 2. The minimum atomic E-state index is -0.865. The second-order valence-electron chi connectivity index (χ2n) is 8.72. The van der Waals surface area contributed by atoms with Gasteiger partial charge in [0.1, 0.15) is 0 Å². The second-order valence-corrected chi connectivity index (χ2v) is 10.2. The molecule has 2 aromatic carbocycles. The van der Waals surface area contributed by atoms with E-state index < -0.39 is 5.60 Å². The summed E-state index contributed by atoms with van der Waals surface area (Å²) in [6, 6.07) is 14.6. The maximum atomic E-state index is 12.0. The number of fused-ring (bicyclic) bond motifs is 2. The molecule has 2 aromatic rings. The highest BCUT2D eigenvalue weighted by atomic mass is 35.5. The van der Waals surface area contributed by atoms with Gasteiger partial charge in [-0.3, -0.25) is 4.79 Å². The maximum Gasteiger partial charge on any atom is 0.224 e. The van der Waals surface area contributed by atoms with Crippen molar-refractivity contribution in [3.8, 4) is 0 Å². The number of hydrogen-bond acceptors (Lipinski definition) is 5. The summed E-state index contributed by atoms with van der Waals surface area (Å²) in [7, 11) is 3.48. The summed E-state index contributed by atoms with van der Waals surface area (Å²) in [6.07, 6.45) is 2.52. The number of carbonyl (C=O) groups is 1. The average Bonchev–Trinajstić information content (AvgIpc) is 2.75. The van der Waals surface area contributed by atoms with Crippen molar-refractivity contribution in [1.82, 2.24) is 9.80 Å². The molecular formula is C24H30ClN3O2S. The number of amides is 1. The molecule has 4 rings (SSSR count). The molecule has 1 amide bonds. The molecule has 1 fully saturated rings. The maximum absolute atomic E-state index is 12.0. The van der Waals surface area contributed by atoms with E-state index in [4.69, 9.17) is 11.6 Å². The van der Waals surface area contributed by atoms with Gasteiger partial charge in [0.25, 0.3) is 0 Å². The quantitative estimate of drug-likeness (QED) is 0.682. The molecule has 5 nitrogen and oxygen atoms in total. The lowest BCUT2D eigenvalue weighted by molar-refractivity contribution is -0.136. The second kappa shape index (κ2) is 9.41. The van der Waals surface area contributed by atoms with Crippen LogP contribution < -0.4 is 4.90 Å². The summed E-state index contributed by atoms with van der Waals surface area (Å²) in [5, 5.41) is 11.5. The summed E-state index contributed by atoms with van der Waals surface area (Å²) >= 11 is 8.11. The third-order valence-electron chi connectivity index (χ3n) is 6.21. The van der Waals surface area contributed by atoms with Crippen LogP contribution >= 0.6 is 23.4 Å². The van der Waals surface area contributed by atoms with Crippen LogP contribution in [-0.2, 0) is 4.79 Å². The van der Waals surface area contributed by atoms with E-state index in [-0.39, 0.29) is 12.3 Å². The molecule has 0 saturated carbocycles. The van der Waals surface area contributed by atoms with Crippen molar-refractivity contribution in [2.45, 2.75) is 41.1 Å². The Labute approximate surface area is 194 Å². The third-order valence-corrected chi connectivity index (χ3v) is 7.58. The molecule has 0 bridgehead atoms. The number of nitrogens with zero attached hydrogens (tertiary/aromatic N) is 3. The van der Waals surface area contributed by atoms with E-state index in [1.165, 1.54) is 21.2 Å². The van der Waals surface area contributed by atoms with E-state index in [9.17, 15) is 9.90 Å². The lowest BCUT2D eigenvalue weighted by Crippen LogP contribution is -2.47. The smallest absolute Gasteiger partial charge is 0.224 e. The largest absolute Gasteiger partial charge is 0.389 e. The van der Waals surface area contributed by atoms with Crippen LogP contribution in [0.2, 0.25) is 5.02 Å². The standard InChI is InChI=1S/C24H30ClN3O2S/c1-26(2)23(29)17-24(30)10-14-27(15-11-24)12-5-13-28-19-6-3-4-7-21(19)31-22-9-8-18(25)16-20(22)28/h3-4,6-9,16,30H,5,10-15,17H2,1-2H3. The van der Waals surface area contributed by atoms with Crippen LogP contribution in [-0.4, -0.2) is 66.7 Å². The van der Waals surface area contributed by atoms with E-state index in [2.05, 4.69) is 46.2 Å². The number of carbonyl (C=O) groups excluding carboxylic acids is 1. The molecule has 2 aliphatic heterocycles. The van der Waals surface area contributed by atoms with E-state index in [0.29, 0.717) is 12.8 Å². The molecule has 166 valence electrons. The van der Waals surface area contributed by atoms with Crippen molar-refractivity contribution >= 4 is 40.6 Å². The van der Waals surface area contributed by atoms with Gasteiger partial charge in [-0.1, -0.05) is 35.5 Å². The fraction of sp³-hybridized carbons (Fsp3) is 0.458. The first-order valence-corrected chi connectivity index (χ1v) is 12.0. The monoisotopic (exact) mass is 459 g/mol. The van der Waals surface area contributed by atoms with Crippen LogP contribution in [0.3, 0.4) is 0 Å². The van der Waals surface area contributed by atoms with Crippen LogP contribution in [0.1, 0.15) is 25.7 Å². The van der Waals surface area contributed by atoms with Gasteiger partial charge in [-0.05, 0) is 56.1 Å². The number of para-hydroxylation sites is 1. The molecule has 1 N–H and O–H groups in total. The summed E-state index contributed by atoms with van der Waals surface area (Å²) in [5.74, 6) is -0.00471. The highest BCUT2D eigenvalue weighted by Crippen LogP contribution is 2.48. The molecule has 0 aromatic heterocycles. The zero-order chi connectivity index (χ0) is 22.0. The van der Waals surface area contributed by atoms with Gasteiger partial charge in [0.15, 0.2) is 0 Å². The average molecular weight is 460 g/mol.